The first-order valence-corrected chi connectivity index (χ1v) is 9.37. The zero-order valence-corrected chi connectivity index (χ0v) is 15.4. The molecule has 0 bridgehead atoms. The predicted molar refractivity (Wildman–Crippen MR) is 90.9 cm³/mol. The predicted octanol–water partition coefficient (Wildman–Crippen LogP) is 2.63. The summed E-state index contributed by atoms with van der Waals surface area (Å²) in [4.78, 5) is 11.6. The normalized spacial score (nSPS) is 12.3. The Hall–Kier alpha value is -1.31. The van der Waals surface area contributed by atoms with E-state index in [0.29, 0.717) is 10.6 Å². The second-order valence-electron chi connectivity index (χ2n) is 6.12. The third kappa shape index (κ3) is 7.67. The number of nitrogens with one attached hydrogen (secondary N) is 1. The SMILES string of the molecule is CC(C)(C)OC(=O)NCCN(Cc1ccccc1Cl)S(C)(=O)=O. The Bertz CT molecular complexity index is 641. The van der Waals surface area contributed by atoms with Crippen molar-refractivity contribution in [2.45, 2.75) is 32.9 Å². The van der Waals surface area contributed by atoms with E-state index in [0.717, 1.165) is 6.26 Å². The molecular formula is C15H23ClN2O4S. The van der Waals surface area contributed by atoms with Crippen LogP contribution < -0.4 is 5.32 Å². The molecule has 0 spiro atoms. The van der Waals surface area contributed by atoms with Gasteiger partial charge in [0.2, 0.25) is 10.0 Å². The van der Waals surface area contributed by atoms with Crippen molar-refractivity contribution in [1.82, 2.24) is 9.62 Å². The number of carbonyl (C=O) groups is 1. The summed E-state index contributed by atoms with van der Waals surface area (Å²) in [6.45, 7) is 5.69. The van der Waals surface area contributed by atoms with E-state index in [1.54, 1.807) is 45.0 Å². The number of halogens is 1. The van der Waals surface area contributed by atoms with Crippen molar-refractivity contribution in [3.8, 4) is 0 Å². The fourth-order valence-electron chi connectivity index (χ4n) is 1.78. The van der Waals surface area contributed by atoms with E-state index >= 15 is 0 Å². The second kappa shape index (κ2) is 7.99. The maximum Gasteiger partial charge on any atom is 0.407 e. The van der Waals surface area contributed by atoms with Crippen LogP contribution in [0.15, 0.2) is 24.3 Å². The minimum absolute atomic E-state index is 0.128. The van der Waals surface area contributed by atoms with E-state index in [2.05, 4.69) is 5.32 Å². The fourth-order valence-corrected chi connectivity index (χ4v) is 2.77. The molecule has 0 aliphatic carbocycles. The fraction of sp³-hybridized carbons (Fsp3) is 0.533. The quantitative estimate of drug-likeness (QED) is 0.844. The van der Waals surface area contributed by atoms with E-state index in [4.69, 9.17) is 16.3 Å². The van der Waals surface area contributed by atoms with Crippen LogP contribution in [0.3, 0.4) is 0 Å². The van der Waals surface area contributed by atoms with Crippen LogP contribution in [0, 0.1) is 0 Å². The van der Waals surface area contributed by atoms with Gasteiger partial charge in [-0.25, -0.2) is 13.2 Å². The van der Waals surface area contributed by atoms with Crippen molar-refractivity contribution in [2.75, 3.05) is 19.3 Å². The van der Waals surface area contributed by atoms with Gasteiger partial charge in [-0.15, -0.1) is 0 Å². The average Bonchev–Trinajstić information content (AvgIpc) is 2.36. The highest BCUT2D eigenvalue weighted by molar-refractivity contribution is 7.88. The van der Waals surface area contributed by atoms with Crippen LogP contribution in [0.4, 0.5) is 4.79 Å². The molecule has 1 rings (SSSR count). The third-order valence-corrected chi connectivity index (χ3v) is 4.42. The van der Waals surface area contributed by atoms with Crippen molar-refractivity contribution in [3.63, 3.8) is 0 Å². The Morgan fingerprint density at radius 3 is 2.43 bits per heavy atom. The summed E-state index contributed by atoms with van der Waals surface area (Å²) in [6, 6.07) is 7.04. The number of hydrogen-bond acceptors (Lipinski definition) is 4. The number of sulfonamides is 1. The Balaban J connectivity index is 2.64. The number of rotatable bonds is 6. The highest BCUT2D eigenvalue weighted by Gasteiger charge is 2.20. The first-order valence-electron chi connectivity index (χ1n) is 7.14. The highest BCUT2D eigenvalue weighted by Crippen LogP contribution is 2.18. The molecule has 0 saturated carbocycles. The van der Waals surface area contributed by atoms with Crippen molar-refractivity contribution in [1.29, 1.82) is 0 Å². The lowest BCUT2D eigenvalue weighted by atomic mass is 10.2. The number of amides is 1. The maximum absolute atomic E-state index is 11.9. The molecule has 1 amide bonds. The summed E-state index contributed by atoms with van der Waals surface area (Å²) in [7, 11) is -3.43. The van der Waals surface area contributed by atoms with Gasteiger partial charge in [0.05, 0.1) is 6.26 Å². The van der Waals surface area contributed by atoms with Gasteiger partial charge in [0.15, 0.2) is 0 Å². The molecule has 0 atom stereocenters. The molecule has 1 aromatic carbocycles. The Labute approximate surface area is 142 Å². The van der Waals surface area contributed by atoms with E-state index in [-0.39, 0.29) is 19.6 Å². The number of alkyl carbamates (subject to hydrolysis) is 1. The first-order chi connectivity index (χ1) is 10.5. The summed E-state index contributed by atoms with van der Waals surface area (Å²) in [6.07, 6.45) is 0.542. The zero-order valence-electron chi connectivity index (χ0n) is 13.8. The van der Waals surface area contributed by atoms with Crippen molar-refractivity contribution in [3.05, 3.63) is 34.9 Å². The van der Waals surface area contributed by atoms with Crippen LogP contribution in [0.5, 0.6) is 0 Å². The summed E-state index contributed by atoms with van der Waals surface area (Å²) in [5.41, 5.74) is 0.106. The Morgan fingerprint density at radius 2 is 1.91 bits per heavy atom. The summed E-state index contributed by atoms with van der Waals surface area (Å²) in [5.74, 6) is 0. The van der Waals surface area contributed by atoms with Crippen LogP contribution in [0.2, 0.25) is 5.02 Å². The second-order valence-corrected chi connectivity index (χ2v) is 8.51. The Kier molecular flexibility index (Phi) is 6.85. The van der Waals surface area contributed by atoms with Crippen LogP contribution >= 0.6 is 11.6 Å². The monoisotopic (exact) mass is 362 g/mol. The molecule has 0 aliphatic heterocycles. The zero-order chi connectivity index (χ0) is 17.7. The lowest BCUT2D eigenvalue weighted by molar-refractivity contribution is 0.0525. The molecule has 0 aliphatic rings. The van der Waals surface area contributed by atoms with Gasteiger partial charge >= 0.3 is 6.09 Å². The molecule has 0 aromatic heterocycles. The number of carbonyl (C=O) groups excluding carboxylic acids is 1. The molecule has 8 heteroatoms. The molecule has 0 fully saturated rings. The summed E-state index contributed by atoms with van der Waals surface area (Å²) in [5, 5.41) is 3.04. The number of ether oxygens (including phenoxy) is 1. The topological polar surface area (TPSA) is 75.7 Å². The van der Waals surface area contributed by atoms with Crippen LogP contribution in [0.25, 0.3) is 0 Å². The van der Waals surface area contributed by atoms with Crippen LogP contribution in [-0.2, 0) is 21.3 Å². The number of benzene rings is 1. The molecule has 0 unspecified atom stereocenters. The summed E-state index contributed by atoms with van der Waals surface area (Å²) >= 11 is 6.06. The molecule has 6 nitrogen and oxygen atoms in total. The largest absolute Gasteiger partial charge is 0.444 e. The molecule has 23 heavy (non-hydrogen) atoms. The lowest BCUT2D eigenvalue weighted by Gasteiger charge is -2.22. The molecule has 1 aromatic rings. The van der Waals surface area contributed by atoms with Gasteiger partial charge in [0.25, 0.3) is 0 Å². The van der Waals surface area contributed by atoms with E-state index in [1.807, 2.05) is 0 Å². The van der Waals surface area contributed by atoms with Gasteiger partial charge in [0, 0.05) is 24.7 Å². The Morgan fingerprint density at radius 1 is 1.30 bits per heavy atom. The molecule has 0 saturated heterocycles. The average molecular weight is 363 g/mol. The van der Waals surface area contributed by atoms with Gasteiger partial charge in [-0.3, -0.25) is 0 Å². The third-order valence-electron chi connectivity index (χ3n) is 2.80. The van der Waals surface area contributed by atoms with Crippen LogP contribution in [0.1, 0.15) is 26.3 Å². The molecule has 0 heterocycles. The minimum Gasteiger partial charge on any atom is -0.444 e. The van der Waals surface area contributed by atoms with Gasteiger partial charge in [-0.2, -0.15) is 4.31 Å². The van der Waals surface area contributed by atoms with E-state index in [9.17, 15) is 13.2 Å². The van der Waals surface area contributed by atoms with Gasteiger partial charge in [0.1, 0.15) is 5.60 Å². The molecule has 0 radical (unpaired) electrons. The number of nitrogens with zero attached hydrogens (tertiary/aromatic N) is 1. The van der Waals surface area contributed by atoms with Gasteiger partial charge in [-0.05, 0) is 32.4 Å². The molecule has 130 valence electrons. The molecular weight excluding hydrogens is 340 g/mol. The maximum atomic E-state index is 11.9. The van der Waals surface area contributed by atoms with Gasteiger partial charge in [-0.1, -0.05) is 29.8 Å². The first kappa shape index (κ1) is 19.7. The van der Waals surface area contributed by atoms with Crippen molar-refractivity contribution in [2.24, 2.45) is 0 Å². The number of hydrogen-bond donors (Lipinski definition) is 1. The molecule has 1 N–H and O–H groups in total. The smallest absolute Gasteiger partial charge is 0.407 e. The van der Waals surface area contributed by atoms with Gasteiger partial charge < -0.3 is 10.1 Å². The minimum atomic E-state index is -3.43. The van der Waals surface area contributed by atoms with Crippen molar-refractivity contribution >= 4 is 27.7 Å². The van der Waals surface area contributed by atoms with E-state index in [1.165, 1.54) is 4.31 Å². The standard InChI is InChI=1S/C15H23ClN2O4S/c1-15(2,3)22-14(19)17-9-10-18(23(4,20)21)11-12-7-5-6-8-13(12)16/h5-8H,9-11H2,1-4H3,(H,17,19). The highest BCUT2D eigenvalue weighted by atomic mass is 35.5. The van der Waals surface area contributed by atoms with Crippen molar-refractivity contribution < 1.29 is 17.9 Å². The van der Waals surface area contributed by atoms with Crippen LogP contribution in [-0.4, -0.2) is 43.8 Å². The lowest BCUT2D eigenvalue weighted by Crippen LogP contribution is -2.39. The summed E-state index contributed by atoms with van der Waals surface area (Å²) < 4.78 is 30.1. The van der Waals surface area contributed by atoms with E-state index < -0.39 is 21.7 Å².